The van der Waals surface area contributed by atoms with Crippen LogP contribution in [0.4, 0.5) is 0 Å². The number of aliphatic hydroxyl groups excluding tert-OH is 2. The predicted octanol–water partition coefficient (Wildman–Crippen LogP) is 1.40. The molecule has 3 aliphatic rings. The standard InChI is InChI=1S/C22H37ClN2O6S/c1-11(23)16(19-17(27)18(28)20(30-12(2)26)22(31-19)32-3)25-21(29)15-7-6-14(8-9-24-15)10-13-4-5-13/h11,13-20,22,24,27-28H,4-10H2,1-3H3,(H,25,29)/t11-,14?,15-,16+,17+,18-,19+,20+,22+/m0/s1. The van der Waals surface area contributed by atoms with Crippen LogP contribution < -0.4 is 10.6 Å². The lowest BCUT2D eigenvalue weighted by atomic mass is 9.92. The second-order valence-electron chi connectivity index (χ2n) is 9.39. The van der Waals surface area contributed by atoms with E-state index in [1.807, 2.05) is 0 Å². The molecule has 1 amide bonds. The minimum Gasteiger partial charge on any atom is -0.456 e. The molecule has 0 aromatic carbocycles. The monoisotopic (exact) mass is 492 g/mol. The smallest absolute Gasteiger partial charge is 0.303 e. The van der Waals surface area contributed by atoms with Crippen molar-refractivity contribution in [2.45, 2.75) is 99.7 Å². The molecular weight excluding hydrogens is 456 g/mol. The van der Waals surface area contributed by atoms with Crippen molar-refractivity contribution < 1.29 is 29.3 Å². The summed E-state index contributed by atoms with van der Waals surface area (Å²) in [5, 5.41) is 27.1. The Labute approximate surface area is 199 Å². The second kappa shape index (κ2) is 11.7. The first kappa shape index (κ1) is 26.0. The quantitative estimate of drug-likeness (QED) is 0.297. The van der Waals surface area contributed by atoms with E-state index in [2.05, 4.69) is 10.6 Å². The molecule has 4 N–H and O–H groups in total. The van der Waals surface area contributed by atoms with Gasteiger partial charge >= 0.3 is 5.97 Å². The lowest BCUT2D eigenvalue weighted by Crippen LogP contribution is -2.65. The molecule has 3 fully saturated rings. The fourth-order valence-corrected chi connectivity index (χ4v) is 5.71. The Morgan fingerprint density at radius 2 is 1.84 bits per heavy atom. The number of rotatable bonds is 8. The number of aliphatic hydroxyl groups is 2. The van der Waals surface area contributed by atoms with Crippen LogP contribution >= 0.6 is 23.4 Å². The van der Waals surface area contributed by atoms with Gasteiger partial charge in [0.05, 0.1) is 17.5 Å². The molecule has 10 heteroatoms. The number of esters is 1. The molecule has 0 radical (unpaired) electrons. The van der Waals surface area contributed by atoms with Gasteiger partial charge in [0, 0.05) is 6.92 Å². The summed E-state index contributed by atoms with van der Waals surface area (Å²) >= 11 is 7.66. The Bertz CT molecular complexity index is 650. The molecule has 2 saturated heterocycles. The molecule has 1 saturated carbocycles. The molecule has 3 rings (SSSR count). The largest absolute Gasteiger partial charge is 0.456 e. The highest BCUT2D eigenvalue weighted by molar-refractivity contribution is 7.99. The highest BCUT2D eigenvalue weighted by atomic mass is 35.5. The van der Waals surface area contributed by atoms with Crippen molar-refractivity contribution in [3.8, 4) is 0 Å². The van der Waals surface area contributed by atoms with Crippen LogP contribution in [0.1, 0.15) is 52.4 Å². The molecular formula is C22H37ClN2O6S. The van der Waals surface area contributed by atoms with E-state index in [0.717, 1.165) is 31.7 Å². The van der Waals surface area contributed by atoms with Crippen LogP contribution in [-0.2, 0) is 19.1 Å². The van der Waals surface area contributed by atoms with Crippen molar-refractivity contribution in [1.29, 1.82) is 0 Å². The number of thioether (sulfide) groups is 1. The molecule has 2 heterocycles. The number of alkyl halides is 1. The lowest BCUT2D eigenvalue weighted by Gasteiger charge is -2.45. The zero-order chi connectivity index (χ0) is 23.4. The second-order valence-corrected chi connectivity index (χ2v) is 11.0. The minimum absolute atomic E-state index is 0.178. The van der Waals surface area contributed by atoms with E-state index in [1.54, 1.807) is 13.2 Å². The van der Waals surface area contributed by atoms with Gasteiger partial charge in [0.2, 0.25) is 5.91 Å². The number of hydrogen-bond acceptors (Lipinski definition) is 8. The summed E-state index contributed by atoms with van der Waals surface area (Å²) in [4.78, 5) is 24.5. The van der Waals surface area contributed by atoms with E-state index >= 15 is 0 Å². The van der Waals surface area contributed by atoms with Gasteiger partial charge in [-0.15, -0.1) is 23.4 Å². The van der Waals surface area contributed by atoms with Crippen molar-refractivity contribution in [2.75, 3.05) is 12.8 Å². The third kappa shape index (κ3) is 6.73. The van der Waals surface area contributed by atoms with Gasteiger partial charge in [0.15, 0.2) is 6.10 Å². The Morgan fingerprint density at radius 1 is 1.19 bits per heavy atom. The van der Waals surface area contributed by atoms with E-state index < -0.39 is 47.2 Å². The van der Waals surface area contributed by atoms with Gasteiger partial charge in [-0.05, 0) is 57.2 Å². The number of amides is 1. The minimum atomic E-state index is -1.38. The molecule has 1 unspecified atom stereocenters. The zero-order valence-electron chi connectivity index (χ0n) is 19.0. The van der Waals surface area contributed by atoms with Crippen molar-refractivity contribution >= 4 is 35.2 Å². The Morgan fingerprint density at radius 3 is 2.44 bits per heavy atom. The Kier molecular flexibility index (Phi) is 9.53. The van der Waals surface area contributed by atoms with Crippen LogP contribution in [-0.4, -0.2) is 82.2 Å². The summed E-state index contributed by atoms with van der Waals surface area (Å²) < 4.78 is 11.2. The van der Waals surface area contributed by atoms with E-state index in [0.29, 0.717) is 5.92 Å². The van der Waals surface area contributed by atoms with Crippen molar-refractivity contribution in [2.24, 2.45) is 11.8 Å². The van der Waals surface area contributed by atoms with E-state index in [1.165, 1.54) is 37.9 Å². The first-order valence-corrected chi connectivity index (χ1v) is 13.3. The van der Waals surface area contributed by atoms with Crippen molar-refractivity contribution in [1.82, 2.24) is 10.6 Å². The summed E-state index contributed by atoms with van der Waals surface area (Å²) in [5.41, 5.74) is -0.698. The van der Waals surface area contributed by atoms with Gasteiger partial charge in [-0.25, -0.2) is 0 Å². The molecule has 0 spiro atoms. The van der Waals surface area contributed by atoms with E-state index in [4.69, 9.17) is 21.1 Å². The number of halogens is 1. The Hall–Kier alpha value is -0.580. The number of ether oxygens (including phenoxy) is 2. The predicted molar refractivity (Wildman–Crippen MR) is 123 cm³/mol. The lowest BCUT2D eigenvalue weighted by molar-refractivity contribution is -0.217. The first-order chi connectivity index (χ1) is 15.2. The van der Waals surface area contributed by atoms with Gasteiger partial charge in [0.1, 0.15) is 23.7 Å². The van der Waals surface area contributed by atoms with Gasteiger partial charge in [-0.1, -0.05) is 12.8 Å². The molecule has 8 nitrogen and oxygen atoms in total. The van der Waals surface area contributed by atoms with Crippen LogP contribution in [0.3, 0.4) is 0 Å². The molecule has 32 heavy (non-hydrogen) atoms. The van der Waals surface area contributed by atoms with Gasteiger partial charge < -0.3 is 30.3 Å². The summed E-state index contributed by atoms with van der Waals surface area (Å²) in [6, 6.07) is -1.05. The molecule has 1 aliphatic carbocycles. The molecule has 0 aromatic rings. The van der Waals surface area contributed by atoms with Crippen molar-refractivity contribution in [3.05, 3.63) is 0 Å². The molecule has 0 aromatic heterocycles. The average Bonchev–Trinajstić information content (AvgIpc) is 3.57. The molecule has 184 valence electrons. The first-order valence-electron chi connectivity index (χ1n) is 11.6. The topological polar surface area (TPSA) is 117 Å². The highest BCUT2D eigenvalue weighted by Crippen LogP contribution is 2.38. The van der Waals surface area contributed by atoms with Gasteiger partial charge in [-0.2, -0.15) is 0 Å². The van der Waals surface area contributed by atoms with Crippen LogP contribution in [0.5, 0.6) is 0 Å². The van der Waals surface area contributed by atoms with E-state index in [9.17, 15) is 19.8 Å². The SMILES string of the molecule is CS[C@H]1O[C@H]([C@H](NC(=O)[C@@H]2CCC(CC3CC3)CCN2)[C@H](C)Cl)[C@H](O)[C@H](O)[C@H]1OC(C)=O. The van der Waals surface area contributed by atoms with E-state index in [-0.39, 0.29) is 11.9 Å². The Balaban J connectivity index is 1.63. The highest BCUT2D eigenvalue weighted by Gasteiger charge is 2.50. The average molecular weight is 493 g/mol. The maximum atomic E-state index is 13.1. The fraction of sp³-hybridized carbons (Fsp3) is 0.909. The fourth-order valence-electron chi connectivity index (χ4n) is 4.78. The van der Waals surface area contributed by atoms with Crippen LogP contribution in [0.15, 0.2) is 0 Å². The molecule has 0 bridgehead atoms. The van der Waals surface area contributed by atoms with Crippen LogP contribution in [0.2, 0.25) is 0 Å². The summed E-state index contributed by atoms with van der Waals surface area (Å²) in [5.74, 6) is 0.790. The number of carbonyl (C=O) groups is 2. The van der Waals surface area contributed by atoms with Gasteiger partial charge in [0.25, 0.3) is 0 Å². The summed E-state index contributed by atoms with van der Waals surface area (Å²) in [7, 11) is 0. The maximum Gasteiger partial charge on any atom is 0.303 e. The maximum absolute atomic E-state index is 13.1. The van der Waals surface area contributed by atoms with Gasteiger partial charge in [-0.3, -0.25) is 9.59 Å². The molecule has 9 atom stereocenters. The third-order valence-electron chi connectivity index (χ3n) is 6.76. The van der Waals surface area contributed by atoms with Crippen LogP contribution in [0.25, 0.3) is 0 Å². The van der Waals surface area contributed by atoms with Crippen molar-refractivity contribution in [3.63, 3.8) is 0 Å². The molecule has 2 aliphatic heterocycles. The normalized spacial score (nSPS) is 37.8. The van der Waals surface area contributed by atoms with Crippen LogP contribution in [0, 0.1) is 11.8 Å². The zero-order valence-corrected chi connectivity index (χ0v) is 20.6. The summed E-state index contributed by atoms with van der Waals surface area (Å²) in [6.07, 6.45) is 3.87. The number of nitrogens with one attached hydrogen (secondary N) is 2. The number of carbonyl (C=O) groups excluding carboxylic acids is 2. The summed E-state index contributed by atoms with van der Waals surface area (Å²) in [6.45, 7) is 3.76. The third-order valence-corrected chi connectivity index (χ3v) is 7.88. The number of hydrogen-bond donors (Lipinski definition) is 4.